The normalized spacial score (nSPS) is 15.4. The quantitative estimate of drug-likeness (QED) is 0.516. The van der Waals surface area contributed by atoms with Gasteiger partial charge in [-0.15, -0.1) is 0 Å². The Morgan fingerprint density at radius 3 is 2.73 bits per heavy atom. The van der Waals surface area contributed by atoms with Crippen LogP contribution >= 0.6 is 0 Å². The highest BCUT2D eigenvalue weighted by molar-refractivity contribution is 5.93. The molecule has 0 atom stereocenters. The fourth-order valence-corrected chi connectivity index (χ4v) is 3.46. The summed E-state index contributed by atoms with van der Waals surface area (Å²) < 4.78 is 1.77. The molecule has 4 aromatic rings. The fraction of sp³-hybridized carbons (Fsp3) is 0.211. The second kappa shape index (κ2) is 5.32. The molecular formula is C19H17N5O2. The topological polar surface area (TPSA) is 95.3 Å². The van der Waals surface area contributed by atoms with E-state index in [4.69, 9.17) is 5.11 Å². The number of nitrogens with one attached hydrogen (secondary N) is 2. The van der Waals surface area contributed by atoms with E-state index in [1.807, 2.05) is 6.07 Å². The molecule has 1 aliphatic rings. The van der Waals surface area contributed by atoms with Crippen LogP contribution in [0.5, 0.6) is 0 Å². The van der Waals surface area contributed by atoms with Crippen LogP contribution in [0.4, 0.5) is 5.95 Å². The second-order valence-corrected chi connectivity index (χ2v) is 6.83. The molecule has 2 aromatic heterocycles. The summed E-state index contributed by atoms with van der Waals surface area (Å²) in [5, 5.41) is 15.7. The van der Waals surface area contributed by atoms with E-state index in [1.165, 1.54) is 18.4 Å². The lowest BCUT2D eigenvalue weighted by Crippen LogP contribution is -2.20. The Balaban J connectivity index is 1.41. The van der Waals surface area contributed by atoms with Crippen LogP contribution in [0, 0.1) is 0 Å². The Bertz CT molecular complexity index is 1120. The third kappa shape index (κ3) is 2.32. The Morgan fingerprint density at radius 2 is 2.00 bits per heavy atom. The van der Waals surface area contributed by atoms with Crippen molar-refractivity contribution in [2.24, 2.45) is 0 Å². The molecule has 1 saturated carbocycles. The van der Waals surface area contributed by atoms with Crippen molar-refractivity contribution in [3.05, 3.63) is 59.7 Å². The standard InChI is InChI=1S/C19H17N5O2/c25-16(26)12-6-7-15-14(10-12)21-18-22-17(23-24(15)18)20-11-19(8-9-19)13-4-2-1-3-5-13/h1-7,10H,8-9,11H2,(H,25,26)(H2,20,21,22,23). The molecule has 130 valence electrons. The Labute approximate surface area is 148 Å². The lowest BCUT2D eigenvalue weighted by molar-refractivity contribution is 0.0697. The second-order valence-electron chi connectivity index (χ2n) is 6.83. The first-order valence-corrected chi connectivity index (χ1v) is 8.56. The van der Waals surface area contributed by atoms with Crippen LogP contribution in [0.2, 0.25) is 0 Å². The molecule has 0 unspecified atom stereocenters. The number of fused-ring (bicyclic) bond motifs is 3. The smallest absolute Gasteiger partial charge is 0.335 e. The Hall–Kier alpha value is -3.35. The van der Waals surface area contributed by atoms with Crippen LogP contribution in [0.1, 0.15) is 28.8 Å². The van der Waals surface area contributed by atoms with Gasteiger partial charge in [0.1, 0.15) is 0 Å². The average Bonchev–Trinajstić information content (AvgIpc) is 3.23. The van der Waals surface area contributed by atoms with E-state index in [0.717, 1.165) is 12.1 Å². The molecule has 2 heterocycles. The lowest BCUT2D eigenvalue weighted by atomic mass is 9.96. The number of nitrogens with zero attached hydrogens (tertiary/aromatic N) is 3. The van der Waals surface area contributed by atoms with Gasteiger partial charge in [-0.1, -0.05) is 30.3 Å². The van der Waals surface area contributed by atoms with Crippen molar-refractivity contribution < 1.29 is 9.90 Å². The number of rotatable bonds is 5. The Kier molecular flexibility index (Phi) is 3.06. The minimum Gasteiger partial charge on any atom is -0.478 e. The van der Waals surface area contributed by atoms with Gasteiger partial charge in [0.25, 0.3) is 5.78 Å². The molecular weight excluding hydrogens is 330 g/mol. The van der Waals surface area contributed by atoms with E-state index in [2.05, 4.69) is 44.6 Å². The lowest BCUT2D eigenvalue weighted by Gasteiger charge is -2.15. The van der Waals surface area contributed by atoms with Gasteiger partial charge in [0, 0.05) is 12.0 Å². The number of carbonyl (C=O) groups is 1. The SMILES string of the molecule is O=C(O)c1ccc2c(c1)nc1nc(NCC3(c4ccccc4)CC3)[nH]n12. The predicted molar refractivity (Wildman–Crippen MR) is 97.6 cm³/mol. The van der Waals surface area contributed by atoms with Gasteiger partial charge in [0.2, 0.25) is 5.95 Å². The minimum absolute atomic E-state index is 0.189. The molecule has 26 heavy (non-hydrogen) atoms. The zero-order chi connectivity index (χ0) is 17.7. The number of imidazole rings is 1. The van der Waals surface area contributed by atoms with Crippen LogP contribution in [-0.4, -0.2) is 37.2 Å². The summed E-state index contributed by atoms with van der Waals surface area (Å²) in [7, 11) is 0. The zero-order valence-corrected chi connectivity index (χ0v) is 13.9. The first kappa shape index (κ1) is 14.9. The van der Waals surface area contributed by atoms with Crippen LogP contribution in [0.15, 0.2) is 48.5 Å². The fourth-order valence-electron chi connectivity index (χ4n) is 3.46. The first-order valence-electron chi connectivity index (χ1n) is 8.56. The number of aromatic carboxylic acids is 1. The molecule has 1 aliphatic carbocycles. The van der Waals surface area contributed by atoms with Crippen molar-refractivity contribution in [1.29, 1.82) is 0 Å². The van der Waals surface area contributed by atoms with Crippen LogP contribution in [0.3, 0.4) is 0 Å². The van der Waals surface area contributed by atoms with Gasteiger partial charge >= 0.3 is 5.97 Å². The van der Waals surface area contributed by atoms with E-state index in [9.17, 15) is 4.79 Å². The summed E-state index contributed by atoms with van der Waals surface area (Å²) in [6, 6.07) is 15.4. The molecule has 0 bridgehead atoms. The van der Waals surface area contributed by atoms with Gasteiger partial charge in [-0.25, -0.2) is 14.3 Å². The predicted octanol–water partition coefficient (Wildman–Crippen LogP) is 3.05. The molecule has 0 saturated heterocycles. The van der Waals surface area contributed by atoms with Crippen molar-refractivity contribution in [2.75, 3.05) is 11.9 Å². The van der Waals surface area contributed by atoms with Crippen molar-refractivity contribution in [2.45, 2.75) is 18.3 Å². The minimum atomic E-state index is -0.963. The summed E-state index contributed by atoms with van der Waals surface area (Å²) in [4.78, 5) is 20.0. The number of aromatic nitrogens is 4. The molecule has 0 spiro atoms. The number of anilines is 1. The number of hydrogen-bond acceptors (Lipinski definition) is 4. The maximum atomic E-state index is 11.1. The third-order valence-corrected chi connectivity index (χ3v) is 5.15. The first-order chi connectivity index (χ1) is 12.6. The van der Waals surface area contributed by atoms with Gasteiger partial charge in [-0.3, -0.25) is 5.10 Å². The number of carboxylic acids is 1. The maximum Gasteiger partial charge on any atom is 0.335 e. The van der Waals surface area contributed by atoms with E-state index in [-0.39, 0.29) is 11.0 Å². The van der Waals surface area contributed by atoms with Gasteiger partial charge < -0.3 is 10.4 Å². The van der Waals surface area contributed by atoms with E-state index in [0.29, 0.717) is 17.2 Å². The van der Waals surface area contributed by atoms with E-state index in [1.54, 1.807) is 22.7 Å². The molecule has 0 amide bonds. The summed E-state index contributed by atoms with van der Waals surface area (Å²) >= 11 is 0. The number of H-pyrrole nitrogens is 1. The molecule has 7 nitrogen and oxygen atoms in total. The Morgan fingerprint density at radius 1 is 1.19 bits per heavy atom. The summed E-state index contributed by atoms with van der Waals surface area (Å²) in [5.41, 5.74) is 3.17. The zero-order valence-electron chi connectivity index (χ0n) is 13.9. The summed E-state index contributed by atoms with van der Waals surface area (Å²) in [5.74, 6) is 0.225. The number of aromatic amines is 1. The molecule has 0 aliphatic heterocycles. The third-order valence-electron chi connectivity index (χ3n) is 5.15. The highest BCUT2D eigenvalue weighted by Crippen LogP contribution is 2.47. The van der Waals surface area contributed by atoms with E-state index >= 15 is 0 Å². The van der Waals surface area contributed by atoms with Crippen LogP contribution in [-0.2, 0) is 5.41 Å². The average molecular weight is 347 g/mol. The molecule has 0 radical (unpaired) electrons. The van der Waals surface area contributed by atoms with Crippen molar-refractivity contribution in [3.8, 4) is 0 Å². The molecule has 1 fully saturated rings. The van der Waals surface area contributed by atoms with Gasteiger partial charge in [0.15, 0.2) is 0 Å². The number of benzene rings is 2. The van der Waals surface area contributed by atoms with Gasteiger partial charge in [-0.2, -0.15) is 4.98 Å². The van der Waals surface area contributed by atoms with Gasteiger partial charge in [-0.05, 0) is 36.6 Å². The largest absolute Gasteiger partial charge is 0.478 e. The highest BCUT2D eigenvalue weighted by atomic mass is 16.4. The monoisotopic (exact) mass is 347 g/mol. The van der Waals surface area contributed by atoms with Crippen molar-refractivity contribution in [1.82, 2.24) is 19.6 Å². The molecule has 7 heteroatoms. The highest BCUT2D eigenvalue weighted by Gasteiger charge is 2.44. The van der Waals surface area contributed by atoms with Crippen LogP contribution < -0.4 is 5.32 Å². The maximum absolute atomic E-state index is 11.1. The molecule has 3 N–H and O–H groups in total. The van der Waals surface area contributed by atoms with Crippen molar-refractivity contribution in [3.63, 3.8) is 0 Å². The number of hydrogen-bond donors (Lipinski definition) is 3. The molecule has 5 rings (SSSR count). The van der Waals surface area contributed by atoms with Crippen molar-refractivity contribution >= 4 is 28.7 Å². The van der Waals surface area contributed by atoms with Crippen LogP contribution in [0.25, 0.3) is 16.8 Å². The number of carboxylic acid groups (broad SMARTS) is 1. The van der Waals surface area contributed by atoms with Gasteiger partial charge in [0.05, 0.1) is 16.6 Å². The van der Waals surface area contributed by atoms with E-state index < -0.39 is 5.97 Å². The summed E-state index contributed by atoms with van der Waals surface area (Å²) in [6.45, 7) is 0.814. The summed E-state index contributed by atoms with van der Waals surface area (Å²) in [6.07, 6.45) is 2.34. The molecule has 2 aromatic carbocycles.